The van der Waals surface area contributed by atoms with E-state index in [-0.39, 0.29) is 0 Å². The van der Waals surface area contributed by atoms with Gasteiger partial charge < -0.3 is 15.5 Å². The van der Waals surface area contributed by atoms with Crippen molar-refractivity contribution in [3.63, 3.8) is 0 Å². The molecule has 2 saturated heterocycles. The number of piperidine rings is 1. The highest BCUT2D eigenvalue weighted by atomic mass is 15.2. The molecule has 1 aliphatic carbocycles. The van der Waals surface area contributed by atoms with Crippen molar-refractivity contribution in [1.29, 1.82) is 0 Å². The number of hydrogen-bond acceptors (Lipinski definition) is 3. The van der Waals surface area contributed by atoms with E-state index in [1.807, 2.05) is 0 Å². The first-order valence-corrected chi connectivity index (χ1v) is 9.50. The Morgan fingerprint density at radius 3 is 1.95 bits per heavy atom. The lowest BCUT2D eigenvalue weighted by atomic mass is 9.78. The lowest BCUT2D eigenvalue weighted by Gasteiger charge is -2.39. The van der Waals surface area contributed by atoms with Crippen LogP contribution in [0.5, 0.6) is 0 Å². The zero-order chi connectivity index (χ0) is 14.5. The lowest BCUT2D eigenvalue weighted by molar-refractivity contribution is 0.108. The van der Waals surface area contributed by atoms with Gasteiger partial charge in [-0.15, -0.1) is 0 Å². The first-order valence-electron chi connectivity index (χ1n) is 9.50. The molecule has 21 heavy (non-hydrogen) atoms. The third-order valence-electron chi connectivity index (χ3n) is 6.28. The van der Waals surface area contributed by atoms with E-state index < -0.39 is 0 Å². The molecule has 0 aromatic heterocycles. The minimum Gasteiger partial charge on any atom is -0.330 e. The van der Waals surface area contributed by atoms with E-state index in [1.165, 1.54) is 90.6 Å². The summed E-state index contributed by atoms with van der Waals surface area (Å²) in [6.07, 6.45) is 11.4. The fourth-order valence-electron chi connectivity index (χ4n) is 4.85. The average molecular weight is 293 g/mol. The molecular formula is C18H35N3. The molecule has 2 N–H and O–H groups in total. The van der Waals surface area contributed by atoms with Gasteiger partial charge in [0.2, 0.25) is 0 Å². The third kappa shape index (κ3) is 4.43. The summed E-state index contributed by atoms with van der Waals surface area (Å²) < 4.78 is 0. The summed E-state index contributed by atoms with van der Waals surface area (Å²) in [4.78, 5) is 5.45. The summed E-state index contributed by atoms with van der Waals surface area (Å²) in [5.74, 6) is 2.66. The Balaban J connectivity index is 1.38. The van der Waals surface area contributed by atoms with Crippen LogP contribution in [0.2, 0.25) is 0 Å². The first kappa shape index (κ1) is 15.8. The molecule has 3 fully saturated rings. The fraction of sp³-hybridized carbons (Fsp3) is 1.00. The van der Waals surface area contributed by atoms with Crippen LogP contribution in [0, 0.1) is 17.8 Å². The highest BCUT2D eigenvalue weighted by Gasteiger charge is 2.28. The van der Waals surface area contributed by atoms with Gasteiger partial charge >= 0.3 is 0 Å². The van der Waals surface area contributed by atoms with Gasteiger partial charge in [-0.05, 0) is 89.0 Å². The Labute approximate surface area is 131 Å². The van der Waals surface area contributed by atoms with Gasteiger partial charge in [0.25, 0.3) is 0 Å². The molecule has 1 saturated carbocycles. The number of rotatable bonds is 5. The molecule has 0 bridgehead atoms. The fourth-order valence-corrected chi connectivity index (χ4v) is 4.85. The Morgan fingerprint density at radius 1 is 0.667 bits per heavy atom. The summed E-state index contributed by atoms with van der Waals surface area (Å²) in [6, 6.07) is 0. The lowest BCUT2D eigenvalue weighted by Crippen LogP contribution is -2.42. The van der Waals surface area contributed by atoms with Crippen LogP contribution in [-0.4, -0.2) is 55.6 Å². The van der Waals surface area contributed by atoms with Crippen LogP contribution in [0.25, 0.3) is 0 Å². The van der Waals surface area contributed by atoms with Gasteiger partial charge in [-0.1, -0.05) is 12.8 Å². The monoisotopic (exact) mass is 293 g/mol. The first-order chi connectivity index (χ1) is 10.3. The predicted molar refractivity (Wildman–Crippen MR) is 89.3 cm³/mol. The molecule has 3 aliphatic rings. The SMILES string of the molecule is NCC1CCCCC1CN1CCC(CN2CCCC2)CC1. The van der Waals surface area contributed by atoms with Crippen molar-refractivity contribution < 1.29 is 0 Å². The summed E-state index contributed by atoms with van der Waals surface area (Å²) >= 11 is 0. The number of hydrogen-bond donors (Lipinski definition) is 1. The highest BCUT2D eigenvalue weighted by molar-refractivity contribution is 4.82. The second-order valence-electron chi connectivity index (χ2n) is 7.79. The summed E-state index contributed by atoms with van der Waals surface area (Å²) in [5.41, 5.74) is 5.99. The molecule has 2 unspecified atom stereocenters. The normalized spacial score (nSPS) is 33.6. The van der Waals surface area contributed by atoms with Crippen molar-refractivity contribution in [1.82, 2.24) is 9.80 Å². The zero-order valence-corrected chi connectivity index (χ0v) is 13.8. The zero-order valence-electron chi connectivity index (χ0n) is 13.8. The topological polar surface area (TPSA) is 32.5 Å². The number of nitrogens with zero attached hydrogens (tertiary/aromatic N) is 2. The van der Waals surface area contributed by atoms with E-state index in [2.05, 4.69) is 9.80 Å². The minimum atomic E-state index is 0.807. The maximum absolute atomic E-state index is 5.99. The van der Waals surface area contributed by atoms with Crippen LogP contribution in [0.3, 0.4) is 0 Å². The predicted octanol–water partition coefficient (Wildman–Crippen LogP) is 2.56. The van der Waals surface area contributed by atoms with Crippen LogP contribution in [0.4, 0.5) is 0 Å². The molecule has 122 valence electrons. The van der Waals surface area contributed by atoms with Crippen LogP contribution in [0.1, 0.15) is 51.4 Å². The van der Waals surface area contributed by atoms with Crippen LogP contribution in [-0.2, 0) is 0 Å². The van der Waals surface area contributed by atoms with Gasteiger partial charge in [-0.3, -0.25) is 0 Å². The van der Waals surface area contributed by atoms with E-state index in [1.54, 1.807) is 0 Å². The maximum atomic E-state index is 5.99. The Hall–Kier alpha value is -0.120. The van der Waals surface area contributed by atoms with E-state index in [0.717, 1.165) is 24.3 Å². The molecule has 3 rings (SSSR count). The summed E-state index contributed by atoms with van der Waals surface area (Å²) in [5, 5.41) is 0. The quantitative estimate of drug-likeness (QED) is 0.845. The summed E-state index contributed by atoms with van der Waals surface area (Å²) in [7, 11) is 0. The molecule has 2 aliphatic heterocycles. The van der Waals surface area contributed by atoms with Crippen molar-refractivity contribution in [2.75, 3.05) is 45.8 Å². The molecule has 2 heterocycles. The van der Waals surface area contributed by atoms with Crippen molar-refractivity contribution in [2.24, 2.45) is 23.5 Å². The second kappa shape index (κ2) is 7.94. The largest absolute Gasteiger partial charge is 0.330 e. The van der Waals surface area contributed by atoms with Crippen molar-refractivity contribution in [3.8, 4) is 0 Å². The molecular weight excluding hydrogens is 258 g/mol. The van der Waals surface area contributed by atoms with Crippen molar-refractivity contribution in [3.05, 3.63) is 0 Å². The van der Waals surface area contributed by atoms with E-state index >= 15 is 0 Å². The average Bonchev–Trinajstić information content (AvgIpc) is 3.03. The van der Waals surface area contributed by atoms with Crippen molar-refractivity contribution >= 4 is 0 Å². The molecule has 3 heteroatoms. The summed E-state index contributed by atoms with van der Waals surface area (Å²) in [6.45, 7) is 9.02. The van der Waals surface area contributed by atoms with Crippen LogP contribution < -0.4 is 5.73 Å². The van der Waals surface area contributed by atoms with Crippen molar-refractivity contribution in [2.45, 2.75) is 51.4 Å². The molecule has 3 nitrogen and oxygen atoms in total. The maximum Gasteiger partial charge on any atom is 0.00128 e. The molecule has 0 spiro atoms. The Kier molecular flexibility index (Phi) is 5.96. The van der Waals surface area contributed by atoms with Gasteiger partial charge in [0.15, 0.2) is 0 Å². The van der Waals surface area contributed by atoms with E-state index in [4.69, 9.17) is 5.73 Å². The molecule has 0 aromatic carbocycles. The smallest absolute Gasteiger partial charge is 0.00128 e. The molecule has 0 aromatic rings. The van der Waals surface area contributed by atoms with Gasteiger partial charge in [-0.25, -0.2) is 0 Å². The molecule has 0 radical (unpaired) electrons. The number of nitrogens with two attached hydrogens (primary N) is 1. The van der Waals surface area contributed by atoms with Crippen LogP contribution in [0.15, 0.2) is 0 Å². The highest BCUT2D eigenvalue weighted by Crippen LogP contribution is 2.31. The van der Waals surface area contributed by atoms with E-state index in [0.29, 0.717) is 0 Å². The Bertz CT molecular complexity index is 293. The molecule has 2 atom stereocenters. The molecule has 0 amide bonds. The van der Waals surface area contributed by atoms with Gasteiger partial charge in [-0.2, -0.15) is 0 Å². The standard InChI is InChI=1S/C18H35N3/c19-13-17-5-1-2-6-18(17)15-21-11-7-16(8-12-21)14-20-9-3-4-10-20/h16-18H,1-15,19H2. The number of likely N-dealkylation sites (tertiary alicyclic amines) is 2. The van der Waals surface area contributed by atoms with Gasteiger partial charge in [0.1, 0.15) is 0 Å². The van der Waals surface area contributed by atoms with Crippen LogP contribution >= 0.6 is 0 Å². The Morgan fingerprint density at radius 2 is 1.29 bits per heavy atom. The van der Waals surface area contributed by atoms with E-state index in [9.17, 15) is 0 Å². The second-order valence-corrected chi connectivity index (χ2v) is 7.79. The van der Waals surface area contributed by atoms with Gasteiger partial charge in [0.05, 0.1) is 0 Å². The third-order valence-corrected chi connectivity index (χ3v) is 6.28. The van der Waals surface area contributed by atoms with Gasteiger partial charge in [0, 0.05) is 13.1 Å². The minimum absolute atomic E-state index is 0.807.